The molecule has 0 atom stereocenters. The van der Waals surface area contributed by atoms with Crippen molar-refractivity contribution in [2.45, 2.75) is 144 Å². The van der Waals surface area contributed by atoms with Crippen molar-refractivity contribution >= 4 is 29.7 Å². The number of benzene rings is 6. The molecule has 0 aliphatic carbocycles. The normalized spacial score (nSPS) is 13.1. The molecule has 0 spiro atoms. The van der Waals surface area contributed by atoms with E-state index in [-0.39, 0.29) is 60.3 Å². The van der Waals surface area contributed by atoms with Crippen LogP contribution in [0.3, 0.4) is 0 Å². The van der Waals surface area contributed by atoms with Crippen molar-refractivity contribution in [3.63, 3.8) is 0 Å². The number of para-hydroxylation sites is 1. The van der Waals surface area contributed by atoms with E-state index in [4.69, 9.17) is 9.97 Å². The summed E-state index contributed by atoms with van der Waals surface area (Å²) in [4.78, 5) is 13.6. The molecule has 0 saturated heterocycles. The van der Waals surface area contributed by atoms with Crippen LogP contribution in [0.15, 0.2) is 146 Å². The summed E-state index contributed by atoms with van der Waals surface area (Å²) in [5.41, 5.74) is 18.0. The maximum atomic E-state index is 12.9. The van der Waals surface area contributed by atoms with Gasteiger partial charge < -0.3 is 14.9 Å². The van der Waals surface area contributed by atoms with Crippen LogP contribution in [0.2, 0.25) is 0 Å². The second-order valence-electron chi connectivity index (χ2n) is 25.3. The van der Waals surface area contributed by atoms with Gasteiger partial charge in [0.1, 0.15) is 11.6 Å². The van der Waals surface area contributed by atoms with Crippen LogP contribution < -0.4 is 15.9 Å². The first-order valence-electron chi connectivity index (χ1n) is 26.7. The number of pyridine rings is 1. The molecule has 0 unspecified atom stereocenters. The Hall–Kier alpha value is -6.23. The average molecular weight is 1170 g/mol. The largest absolute Gasteiger partial charge is 0.507 e. The summed E-state index contributed by atoms with van der Waals surface area (Å²) in [5.74, 6) is 1.41. The molecule has 1 aliphatic rings. The molecule has 8 aromatic rings. The summed E-state index contributed by atoms with van der Waals surface area (Å²) in [7, 11) is 0. The van der Waals surface area contributed by atoms with Gasteiger partial charge in [-0.1, -0.05) is 208 Å². The number of aromatic hydroxyl groups is 1. The second-order valence-corrected chi connectivity index (χ2v) is 25.3. The van der Waals surface area contributed by atoms with E-state index in [1.54, 1.807) is 0 Å². The van der Waals surface area contributed by atoms with Crippen LogP contribution in [0, 0.1) is 6.07 Å². The molecule has 0 saturated carbocycles. The fourth-order valence-electron chi connectivity index (χ4n) is 10.5. The molecule has 0 amide bonds. The molecule has 5 nitrogen and oxygen atoms in total. The SMILES string of the molecule is CC(C)c1cccc(C(C)C)c1N1C=Cc2c(nc(-c3cc(C(C)(C)C)cc(C(C)(C)C)c3O)n2-c2ccc(C(C)(C)C)cc2-c2ccccc2)B1c1[c-]c(-c2cc(-c3ccccc3)ccn2)cc(C(C)(C)C)c1.[Pt]. The zero-order valence-electron chi connectivity index (χ0n) is 47.2. The van der Waals surface area contributed by atoms with E-state index in [0.717, 1.165) is 67.1 Å². The maximum Gasteiger partial charge on any atom is 0.331 e. The molecule has 7 heteroatoms. The van der Waals surface area contributed by atoms with Gasteiger partial charge in [0, 0.05) is 44.1 Å². The summed E-state index contributed by atoms with van der Waals surface area (Å²) >= 11 is 0. The van der Waals surface area contributed by atoms with Crippen molar-refractivity contribution in [3.05, 3.63) is 191 Å². The maximum absolute atomic E-state index is 12.9. The minimum Gasteiger partial charge on any atom is -0.507 e. The Balaban J connectivity index is 0.00000747. The predicted molar refractivity (Wildman–Crippen MR) is 316 cm³/mol. The molecule has 0 bridgehead atoms. The van der Waals surface area contributed by atoms with Gasteiger partial charge in [-0.3, -0.25) is 4.57 Å². The Morgan fingerprint density at radius 1 is 0.560 bits per heavy atom. The van der Waals surface area contributed by atoms with Gasteiger partial charge in [0.2, 0.25) is 0 Å². The summed E-state index contributed by atoms with van der Waals surface area (Å²) in [6, 6.07) is 52.4. The first-order valence-corrected chi connectivity index (χ1v) is 26.7. The Kier molecular flexibility index (Phi) is 15.2. The van der Waals surface area contributed by atoms with Gasteiger partial charge in [-0.25, -0.2) is 4.98 Å². The summed E-state index contributed by atoms with van der Waals surface area (Å²) in [5, 5.41) is 12.9. The van der Waals surface area contributed by atoms with E-state index < -0.39 is 6.85 Å². The number of hydrogen-bond donors (Lipinski definition) is 1. The summed E-state index contributed by atoms with van der Waals surface area (Å²) in [6.45, 7) is 35.7. The van der Waals surface area contributed by atoms with Gasteiger partial charge in [-0.05, 0) is 115 Å². The van der Waals surface area contributed by atoms with Crippen LogP contribution in [0.1, 0.15) is 162 Å². The number of hydrogen-bond acceptors (Lipinski definition) is 4. The minimum absolute atomic E-state index is 0. The zero-order valence-corrected chi connectivity index (χ0v) is 49.5. The number of phenols is 1. The quantitative estimate of drug-likeness (QED) is 0.116. The van der Waals surface area contributed by atoms with Crippen LogP contribution in [-0.2, 0) is 42.7 Å². The summed E-state index contributed by atoms with van der Waals surface area (Å²) in [6.07, 6.45) is 6.49. The van der Waals surface area contributed by atoms with Gasteiger partial charge in [0.25, 0.3) is 0 Å². The Morgan fingerprint density at radius 2 is 1.13 bits per heavy atom. The fraction of sp³-hybridized carbons (Fsp3) is 0.324. The number of imidazole rings is 1. The van der Waals surface area contributed by atoms with E-state index in [0.29, 0.717) is 11.4 Å². The first-order chi connectivity index (χ1) is 34.8. The second kappa shape index (κ2) is 20.7. The van der Waals surface area contributed by atoms with Crippen molar-refractivity contribution in [2.75, 3.05) is 4.81 Å². The third-order valence-corrected chi connectivity index (χ3v) is 14.9. The summed E-state index contributed by atoms with van der Waals surface area (Å²) < 4.78 is 2.34. The minimum atomic E-state index is -0.449. The Bertz CT molecular complexity index is 3370. The van der Waals surface area contributed by atoms with Gasteiger partial charge in [-0.15, -0.1) is 34.8 Å². The predicted octanol–water partition coefficient (Wildman–Crippen LogP) is 16.5. The van der Waals surface area contributed by atoms with E-state index in [1.807, 2.05) is 6.20 Å². The molecular formula is C68H76BN4OPt-. The van der Waals surface area contributed by atoms with Crippen molar-refractivity contribution in [2.24, 2.45) is 0 Å². The number of rotatable bonds is 9. The molecule has 75 heavy (non-hydrogen) atoms. The third-order valence-electron chi connectivity index (χ3n) is 14.9. The van der Waals surface area contributed by atoms with E-state index in [2.05, 4.69) is 272 Å². The number of fused-ring (bicyclic) bond motifs is 1. The number of aromatic nitrogens is 3. The Morgan fingerprint density at radius 3 is 1.71 bits per heavy atom. The van der Waals surface area contributed by atoms with E-state index in [1.165, 1.54) is 27.9 Å². The molecule has 0 fully saturated rings. The van der Waals surface area contributed by atoms with Gasteiger partial charge in [0.05, 0.1) is 22.5 Å². The van der Waals surface area contributed by atoms with Gasteiger partial charge >= 0.3 is 6.85 Å². The average Bonchev–Trinajstić information content (AvgIpc) is 3.74. The smallest absolute Gasteiger partial charge is 0.331 e. The standard InChI is InChI=1S/C68H76BN4O.Pt/c1-43(2)53-28-23-29-54(44(3)4)61(53)72-35-33-60-63(69(72)52-37-48(36-50(39-52)66(8,9)10)58-38-47(32-34-70-58)45-24-19-17-20-25-45)71-64(56-41-51(67(11,12)13)42-57(62(56)74)68(14,15)16)73(60)59-31-30-49(65(5,6)7)40-55(59)46-26-21-18-22-27-46;/h17-36,38-44,74H,1-16H3;/q-1;. The first kappa shape index (κ1) is 55.0. The molecule has 1 N–H and O–H groups in total. The number of anilines is 1. The van der Waals surface area contributed by atoms with Crippen LogP contribution in [0.25, 0.3) is 56.7 Å². The van der Waals surface area contributed by atoms with Gasteiger partial charge in [0.15, 0.2) is 0 Å². The Labute approximate surface area is 464 Å². The zero-order chi connectivity index (χ0) is 53.2. The monoisotopic (exact) mass is 1170 g/mol. The van der Waals surface area contributed by atoms with Crippen LogP contribution in [-0.4, -0.2) is 26.5 Å². The molecular weight excluding hydrogens is 1090 g/mol. The van der Waals surface area contributed by atoms with E-state index in [9.17, 15) is 5.11 Å². The van der Waals surface area contributed by atoms with Gasteiger partial charge in [-0.2, -0.15) is 0 Å². The van der Waals surface area contributed by atoms with Crippen LogP contribution in [0.5, 0.6) is 5.75 Å². The topological polar surface area (TPSA) is 54.2 Å². The number of phenolic OH excluding ortho intramolecular Hbond substituents is 1. The number of nitrogens with zero attached hydrogens (tertiary/aromatic N) is 4. The van der Waals surface area contributed by atoms with E-state index >= 15 is 0 Å². The molecule has 6 aromatic carbocycles. The van der Waals surface area contributed by atoms with Crippen molar-refractivity contribution in [3.8, 4) is 56.3 Å². The van der Waals surface area contributed by atoms with Crippen molar-refractivity contribution in [1.29, 1.82) is 0 Å². The van der Waals surface area contributed by atoms with Crippen molar-refractivity contribution < 1.29 is 26.2 Å². The molecule has 0 radical (unpaired) electrons. The molecule has 1 aliphatic heterocycles. The molecule has 3 heterocycles. The van der Waals surface area contributed by atoms with Crippen LogP contribution >= 0.6 is 0 Å². The molecule has 9 rings (SSSR count). The third kappa shape index (κ3) is 10.9. The fourth-order valence-corrected chi connectivity index (χ4v) is 10.5. The molecule has 2 aromatic heterocycles. The van der Waals surface area contributed by atoms with Crippen LogP contribution in [0.4, 0.5) is 5.69 Å². The van der Waals surface area contributed by atoms with Crippen molar-refractivity contribution in [1.82, 2.24) is 14.5 Å². The molecule has 388 valence electrons.